The molecule has 5 nitrogen and oxygen atoms in total. The molecular weight excluding hydrogens is 216 g/mol. The second-order valence-corrected chi connectivity index (χ2v) is 4.99. The third-order valence-corrected chi connectivity index (χ3v) is 2.17. The van der Waals surface area contributed by atoms with E-state index in [1.165, 1.54) is 0 Å². The summed E-state index contributed by atoms with van der Waals surface area (Å²) in [6.07, 6.45) is 3.50. The fraction of sp³-hybridized carbons (Fsp3) is 0.417. The molecule has 0 bridgehead atoms. The average Bonchev–Trinajstić information content (AvgIpc) is 2.64. The van der Waals surface area contributed by atoms with Gasteiger partial charge in [0.05, 0.1) is 0 Å². The molecule has 0 amide bonds. The van der Waals surface area contributed by atoms with E-state index in [4.69, 9.17) is 4.52 Å². The van der Waals surface area contributed by atoms with Gasteiger partial charge < -0.3 is 9.84 Å². The molecule has 0 saturated heterocycles. The first-order chi connectivity index (χ1) is 7.96. The van der Waals surface area contributed by atoms with E-state index in [2.05, 4.69) is 20.4 Å². The molecular formula is C12H16N4O. The Hall–Kier alpha value is -1.91. The maximum Gasteiger partial charge on any atom is 0.322 e. The van der Waals surface area contributed by atoms with E-state index in [1.807, 2.05) is 33.8 Å². The van der Waals surface area contributed by atoms with Gasteiger partial charge in [-0.15, -0.1) is 0 Å². The minimum absolute atomic E-state index is 0.100. The Morgan fingerprint density at radius 3 is 2.71 bits per heavy atom. The van der Waals surface area contributed by atoms with E-state index >= 15 is 0 Å². The molecule has 0 aliphatic rings. The highest BCUT2D eigenvalue weighted by molar-refractivity contribution is 5.59. The monoisotopic (exact) mass is 232 g/mol. The fourth-order valence-corrected chi connectivity index (χ4v) is 1.43. The molecule has 2 rings (SSSR count). The van der Waals surface area contributed by atoms with Gasteiger partial charge in [0, 0.05) is 23.5 Å². The molecule has 2 aromatic rings. The molecule has 17 heavy (non-hydrogen) atoms. The van der Waals surface area contributed by atoms with Crippen LogP contribution >= 0.6 is 0 Å². The third kappa shape index (κ3) is 2.81. The number of aryl methyl sites for hydroxylation is 1. The van der Waals surface area contributed by atoms with Gasteiger partial charge in [0.1, 0.15) is 0 Å². The Labute approximate surface area is 100 Å². The third-order valence-electron chi connectivity index (χ3n) is 2.17. The fourth-order valence-electron chi connectivity index (χ4n) is 1.43. The van der Waals surface area contributed by atoms with E-state index in [0.29, 0.717) is 11.8 Å². The quantitative estimate of drug-likeness (QED) is 0.862. The van der Waals surface area contributed by atoms with Crippen molar-refractivity contribution >= 4 is 6.01 Å². The molecule has 0 fully saturated rings. The largest absolute Gasteiger partial charge is 0.333 e. The smallest absolute Gasteiger partial charge is 0.322 e. The van der Waals surface area contributed by atoms with Crippen LogP contribution in [0, 0.1) is 6.92 Å². The van der Waals surface area contributed by atoms with Gasteiger partial charge in [0.2, 0.25) is 5.82 Å². The Morgan fingerprint density at radius 1 is 1.29 bits per heavy atom. The van der Waals surface area contributed by atoms with Crippen molar-refractivity contribution in [2.75, 3.05) is 5.32 Å². The zero-order valence-electron chi connectivity index (χ0n) is 10.5. The molecule has 2 heterocycles. The molecule has 0 aliphatic carbocycles. The summed E-state index contributed by atoms with van der Waals surface area (Å²) in [5.41, 5.74) is 1.86. The van der Waals surface area contributed by atoms with Gasteiger partial charge in [0.15, 0.2) is 0 Å². The van der Waals surface area contributed by atoms with Crippen LogP contribution in [0.1, 0.15) is 26.3 Å². The van der Waals surface area contributed by atoms with Crippen molar-refractivity contribution < 1.29 is 4.52 Å². The summed E-state index contributed by atoms with van der Waals surface area (Å²) in [6.45, 7) is 8.08. The lowest BCUT2D eigenvalue weighted by Gasteiger charge is -2.17. The Balaban J connectivity index is 2.28. The first-order valence-electron chi connectivity index (χ1n) is 5.48. The molecule has 0 unspecified atom stereocenters. The van der Waals surface area contributed by atoms with Crippen LogP contribution in [0.2, 0.25) is 0 Å². The summed E-state index contributed by atoms with van der Waals surface area (Å²) < 4.78 is 5.16. The van der Waals surface area contributed by atoms with Crippen molar-refractivity contribution in [3.05, 3.63) is 24.0 Å². The van der Waals surface area contributed by atoms with Gasteiger partial charge in [0.25, 0.3) is 0 Å². The summed E-state index contributed by atoms with van der Waals surface area (Å²) >= 11 is 0. The van der Waals surface area contributed by atoms with Crippen LogP contribution in [0.15, 0.2) is 23.0 Å². The van der Waals surface area contributed by atoms with Crippen LogP contribution in [0.4, 0.5) is 6.01 Å². The average molecular weight is 232 g/mol. The number of nitrogens with one attached hydrogen (secondary N) is 1. The lowest BCUT2D eigenvalue weighted by atomic mass is 10.1. The van der Waals surface area contributed by atoms with Crippen LogP contribution in [0.5, 0.6) is 0 Å². The zero-order valence-corrected chi connectivity index (χ0v) is 10.5. The van der Waals surface area contributed by atoms with Crippen molar-refractivity contribution in [3.63, 3.8) is 0 Å². The highest BCUT2D eigenvalue weighted by Gasteiger charge is 2.15. The maximum absolute atomic E-state index is 5.16. The molecule has 2 aromatic heterocycles. The standard InChI is InChI=1S/C12H16N4O/c1-8-7-13-6-5-9(8)10-14-11(17-16-10)15-12(2,3)4/h5-7H,1-4H3,(H,14,15,16). The maximum atomic E-state index is 5.16. The molecule has 1 N–H and O–H groups in total. The van der Waals surface area contributed by atoms with Crippen molar-refractivity contribution in [2.45, 2.75) is 33.2 Å². The van der Waals surface area contributed by atoms with E-state index < -0.39 is 0 Å². The van der Waals surface area contributed by atoms with E-state index in [-0.39, 0.29) is 5.54 Å². The number of anilines is 1. The van der Waals surface area contributed by atoms with E-state index in [1.54, 1.807) is 12.4 Å². The molecule has 0 aromatic carbocycles. The summed E-state index contributed by atoms with van der Waals surface area (Å²) in [4.78, 5) is 8.34. The molecule has 0 atom stereocenters. The minimum atomic E-state index is -0.100. The van der Waals surface area contributed by atoms with Crippen LogP contribution in [-0.2, 0) is 0 Å². The normalized spacial score (nSPS) is 11.5. The molecule has 0 radical (unpaired) electrons. The number of pyridine rings is 1. The Morgan fingerprint density at radius 2 is 2.06 bits per heavy atom. The topological polar surface area (TPSA) is 63.8 Å². The van der Waals surface area contributed by atoms with Gasteiger partial charge >= 0.3 is 6.01 Å². The second kappa shape index (κ2) is 4.16. The summed E-state index contributed by atoms with van der Waals surface area (Å²) in [5.74, 6) is 0.580. The highest BCUT2D eigenvalue weighted by Crippen LogP contribution is 2.21. The van der Waals surface area contributed by atoms with Crippen LogP contribution < -0.4 is 5.32 Å². The van der Waals surface area contributed by atoms with Crippen LogP contribution in [0.25, 0.3) is 11.4 Å². The van der Waals surface area contributed by atoms with Gasteiger partial charge in [-0.1, -0.05) is 5.16 Å². The molecule has 0 saturated carbocycles. The Kier molecular flexibility index (Phi) is 2.83. The first-order valence-corrected chi connectivity index (χ1v) is 5.48. The van der Waals surface area contributed by atoms with Crippen LogP contribution in [0.3, 0.4) is 0 Å². The number of nitrogens with zero attached hydrogens (tertiary/aromatic N) is 3. The van der Waals surface area contributed by atoms with Crippen molar-refractivity contribution in [1.82, 2.24) is 15.1 Å². The number of hydrogen-bond acceptors (Lipinski definition) is 5. The SMILES string of the molecule is Cc1cnccc1-c1noc(NC(C)(C)C)n1. The molecule has 90 valence electrons. The van der Waals surface area contributed by atoms with E-state index in [9.17, 15) is 0 Å². The molecule has 0 spiro atoms. The van der Waals surface area contributed by atoms with Crippen molar-refractivity contribution in [3.8, 4) is 11.4 Å². The van der Waals surface area contributed by atoms with Crippen molar-refractivity contribution in [1.29, 1.82) is 0 Å². The van der Waals surface area contributed by atoms with Gasteiger partial charge in [-0.25, -0.2) is 0 Å². The highest BCUT2D eigenvalue weighted by atomic mass is 16.5. The van der Waals surface area contributed by atoms with Crippen molar-refractivity contribution in [2.24, 2.45) is 0 Å². The summed E-state index contributed by atoms with van der Waals surface area (Å²) in [6, 6.07) is 2.31. The van der Waals surface area contributed by atoms with Crippen LogP contribution in [-0.4, -0.2) is 20.7 Å². The van der Waals surface area contributed by atoms with Gasteiger partial charge in [-0.2, -0.15) is 4.98 Å². The summed E-state index contributed by atoms with van der Waals surface area (Å²) in [5, 5.41) is 7.09. The lowest BCUT2D eigenvalue weighted by Crippen LogP contribution is -2.26. The lowest BCUT2D eigenvalue weighted by molar-refractivity contribution is 0.420. The predicted molar refractivity (Wildman–Crippen MR) is 65.6 cm³/mol. The Bertz CT molecular complexity index is 513. The summed E-state index contributed by atoms with van der Waals surface area (Å²) in [7, 11) is 0. The second-order valence-electron chi connectivity index (χ2n) is 4.99. The molecule has 0 aliphatic heterocycles. The first kappa shape index (κ1) is 11.6. The minimum Gasteiger partial charge on any atom is -0.333 e. The zero-order chi connectivity index (χ0) is 12.5. The van der Waals surface area contributed by atoms with Gasteiger partial charge in [-0.3, -0.25) is 4.98 Å². The van der Waals surface area contributed by atoms with Gasteiger partial charge in [-0.05, 0) is 39.3 Å². The predicted octanol–water partition coefficient (Wildman–Crippen LogP) is 2.65. The van der Waals surface area contributed by atoms with E-state index in [0.717, 1.165) is 11.1 Å². The number of hydrogen-bond donors (Lipinski definition) is 1. The number of aromatic nitrogens is 3. The molecule has 5 heteroatoms. The number of rotatable bonds is 2.